The summed E-state index contributed by atoms with van der Waals surface area (Å²) in [6, 6.07) is 0. The van der Waals surface area contributed by atoms with E-state index in [0.717, 1.165) is 23.5 Å². The molecule has 0 radical (unpaired) electrons. The van der Waals surface area contributed by atoms with Crippen molar-refractivity contribution in [3.05, 3.63) is 27.2 Å². The van der Waals surface area contributed by atoms with Crippen molar-refractivity contribution in [1.82, 2.24) is 4.98 Å². The lowest BCUT2D eigenvalue weighted by molar-refractivity contribution is -0.114. The summed E-state index contributed by atoms with van der Waals surface area (Å²) in [6.07, 6.45) is 4.14. The molecule has 0 unspecified atom stereocenters. The molecule has 0 amide bonds. The normalized spacial score (nSPS) is 10.2. The third-order valence-corrected chi connectivity index (χ3v) is 3.74. The Bertz CT molecular complexity index is 379. The minimum absolute atomic E-state index is 0.174. The summed E-state index contributed by atoms with van der Waals surface area (Å²) >= 11 is 1.62. The zero-order valence-electron chi connectivity index (χ0n) is 10.5. The smallest absolute Gasteiger partial charge is 0.162 e. The molecule has 88 valence electrons. The van der Waals surface area contributed by atoms with Crippen molar-refractivity contribution >= 4 is 17.1 Å². The van der Waals surface area contributed by atoms with Crippen LogP contribution in [-0.4, -0.2) is 10.8 Å². The lowest BCUT2D eigenvalue weighted by Crippen LogP contribution is -1.99. The van der Waals surface area contributed by atoms with E-state index >= 15 is 0 Å². The molecule has 0 spiro atoms. The van der Waals surface area contributed by atoms with Crippen LogP contribution >= 0.6 is 11.3 Å². The van der Waals surface area contributed by atoms with Crippen molar-refractivity contribution in [2.75, 3.05) is 0 Å². The molecule has 0 bridgehead atoms. The molecular weight excluding hydrogens is 218 g/mol. The van der Waals surface area contributed by atoms with Crippen molar-refractivity contribution in [3.63, 3.8) is 0 Å². The number of hydrogen-bond donors (Lipinski definition) is 0. The van der Waals surface area contributed by atoms with E-state index < -0.39 is 0 Å². The van der Waals surface area contributed by atoms with Gasteiger partial charge >= 0.3 is 0 Å². The van der Waals surface area contributed by atoms with E-state index in [4.69, 9.17) is 0 Å². The molecule has 3 heteroatoms. The maximum absolute atomic E-state index is 11.8. The van der Waals surface area contributed by atoms with E-state index in [1.807, 2.05) is 13.8 Å². The van der Waals surface area contributed by atoms with Gasteiger partial charge in [0.2, 0.25) is 0 Å². The van der Waals surface area contributed by atoms with Gasteiger partial charge in [-0.2, -0.15) is 0 Å². The Morgan fingerprint density at radius 3 is 2.38 bits per heavy atom. The molecule has 0 atom stereocenters. The molecule has 0 N–H and O–H groups in total. The summed E-state index contributed by atoms with van der Waals surface area (Å²) in [5.41, 5.74) is 2.26. The first-order valence-corrected chi connectivity index (χ1v) is 6.53. The van der Waals surface area contributed by atoms with Gasteiger partial charge in [-0.15, -0.1) is 11.3 Å². The Morgan fingerprint density at radius 2 is 1.94 bits per heavy atom. The maximum Gasteiger partial charge on any atom is 0.162 e. The topological polar surface area (TPSA) is 30.0 Å². The van der Waals surface area contributed by atoms with Crippen LogP contribution in [0, 0.1) is 13.8 Å². The molecule has 0 saturated carbocycles. The minimum atomic E-state index is 0.174. The standard InChI is InChI=1S/C13H19NOS/c1-5-11(6-2)7-12(15)8-13-14-9(3)10(4)16-13/h7H,5-6,8H2,1-4H3. The highest BCUT2D eigenvalue weighted by Crippen LogP contribution is 2.17. The maximum atomic E-state index is 11.8. The van der Waals surface area contributed by atoms with Gasteiger partial charge in [-0.1, -0.05) is 19.4 Å². The SMILES string of the molecule is CCC(=CC(=O)Cc1nc(C)c(C)s1)CC. The van der Waals surface area contributed by atoms with Crippen LogP contribution in [0.3, 0.4) is 0 Å². The molecule has 1 aromatic heterocycles. The number of nitrogens with zero attached hydrogens (tertiary/aromatic N) is 1. The van der Waals surface area contributed by atoms with E-state index in [1.54, 1.807) is 17.4 Å². The largest absolute Gasteiger partial charge is 0.294 e. The summed E-state index contributed by atoms with van der Waals surface area (Å²) in [5, 5.41) is 0.933. The quantitative estimate of drug-likeness (QED) is 0.732. The first kappa shape index (κ1) is 13.1. The third-order valence-electron chi connectivity index (χ3n) is 2.67. The van der Waals surface area contributed by atoms with Crippen LogP contribution in [0.15, 0.2) is 11.6 Å². The average Bonchev–Trinajstić information content (AvgIpc) is 2.54. The monoisotopic (exact) mass is 237 g/mol. The first-order chi connectivity index (χ1) is 7.56. The summed E-state index contributed by atoms with van der Waals surface area (Å²) in [7, 11) is 0. The van der Waals surface area contributed by atoms with E-state index in [-0.39, 0.29) is 5.78 Å². The summed E-state index contributed by atoms with van der Waals surface area (Å²) < 4.78 is 0. The Balaban J connectivity index is 2.68. The summed E-state index contributed by atoms with van der Waals surface area (Å²) in [6.45, 7) is 8.19. The zero-order chi connectivity index (χ0) is 12.1. The molecule has 0 aromatic carbocycles. The fourth-order valence-corrected chi connectivity index (χ4v) is 2.44. The Kier molecular flexibility index (Phi) is 4.87. The number of hydrogen-bond acceptors (Lipinski definition) is 3. The molecule has 0 aliphatic heterocycles. The molecule has 16 heavy (non-hydrogen) atoms. The summed E-state index contributed by atoms with van der Waals surface area (Å²) in [4.78, 5) is 17.3. The molecule has 0 saturated heterocycles. The first-order valence-electron chi connectivity index (χ1n) is 5.72. The second-order valence-corrected chi connectivity index (χ2v) is 5.19. The molecule has 1 rings (SSSR count). The number of aromatic nitrogens is 1. The van der Waals surface area contributed by atoms with Gasteiger partial charge in [0.1, 0.15) is 5.01 Å². The fourth-order valence-electron chi connectivity index (χ4n) is 1.50. The Hall–Kier alpha value is -0.960. The van der Waals surface area contributed by atoms with E-state index in [9.17, 15) is 4.79 Å². The lowest BCUT2D eigenvalue weighted by atomic mass is 10.1. The molecule has 0 fully saturated rings. The second kappa shape index (κ2) is 5.94. The van der Waals surface area contributed by atoms with Gasteiger partial charge in [0.25, 0.3) is 0 Å². The highest BCUT2D eigenvalue weighted by molar-refractivity contribution is 7.11. The van der Waals surface area contributed by atoms with E-state index in [2.05, 4.69) is 18.8 Å². The second-order valence-electron chi connectivity index (χ2n) is 3.90. The van der Waals surface area contributed by atoms with Crippen LogP contribution in [0.25, 0.3) is 0 Å². The number of aryl methyl sites for hydroxylation is 2. The summed E-state index contributed by atoms with van der Waals surface area (Å²) in [5.74, 6) is 0.174. The number of ketones is 1. The number of rotatable bonds is 5. The van der Waals surface area contributed by atoms with Crippen molar-refractivity contribution in [1.29, 1.82) is 0 Å². The van der Waals surface area contributed by atoms with Gasteiger partial charge in [0.05, 0.1) is 12.1 Å². The van der Waals surface area contributed by atoms with Crippen LogP contribution in [-0.2, 0) is 11.2 Å². The van der Waals surface area contributed by atoms with Crippen LogP contribution in [0.4, 0.5) is 0 Å². The zero-order valence-corrected chi connectivity index (χ0v) is 11.3. The predicted octanol–water partition coefficient (Wildman–Crippen LogP) is 3.62. The molecule has 2 nitrogen and oxygen atoms in total. The van der Waals surface area contributed by atoms with Crippen LogP contribution in [0.5, 0.6) is 0 Å². The van der Waals surface area contributed by atoms with Gasteiger partial charge in [-0.05, 0) is 32.8 Å². The molecule has 0 aliphatic rings. The molecule has 0 aliphatic carbocycles. The lowest BCUT2D eigenvalue weighted by Gasteiger charge is -1.98. The van der Waals surface area contributed by atoms with Crippen LogP contribution in [0.1, 0.15) is 42.3 Å². The fraction of sp³-hybridized carbons (Fsp3) is 0.538. The number of carbonyl (C=O) groups is 1. The third kappa shape index (κ3) is 3.56. The Morgan fingerprint density at radius 1 is 1.31 bits per heavy atom. The van der Waals surface area contributed by atoms with Gasteiger partial charge in [0.15, 0.2) is 5.78 Å². The van der Waals surface area contributed by atoms with Gasteiger partial charge in [-0.25, -0.2) is 4.98 Å². The van der Waals surface area contributed by atoms with Gasteiger partial charge < -0.3 is 0 Å². The predicted molar refractivity (Wildman–Crippen MR) is 69.0 cm³/mol. The highest BCUT2D eigenvalue weighted by Gasteiger charge is 2.07. The highest BCUT2D eigenvalue weighted by atomic mass is 32.1. The number of allylic oxidation sites excluding steroid dienone is 2. The van der Waals surface area contributed by atoms with Gasteiger partial charge in [0, 0.05) is 4.88 Å². The minimum Gasteiger partial charge on any atom is -0.294 e. The number of carbonyl (C=O) groups excluding carboxylic acids is 1. The number of thiazole rings is 1. The Labute approximate surface area is 101 Å². The molecule has 1 aromatic rings. The van der Waals surface area contributed by atoms with E-state index in [1.165, 1.54) is 10.5 Å². The van der Waals surface area contributed by atoms with Crippen molar-refractivity contribution in [2.24, 2.45) is 0 Å². The van der Waals surface area contributed by atoms with Crippen molar-refractivity contribution < 1.29 is 4.79 Å². The molecular formula is C13H19NOS. The average molecular weight is 237 g/mol. The van der Waals surface area contributed by atoms with E-state index in [0.29, 0.717) is 6.42 Å². The van der Waals surface area contributed by atoms with Crippen molar-refractivity contribution in [3.8, 4) is 0 Å². The van der Waals surface area contributed by atoms with Crippen LogP contribution in [0.2, 0.25) is 0 Å². The van der Waals surface area contributed by atoms with Crippen LogP contribution < -0.4 is 0 Å². The van der Waals surface area contributed by atoms with Crippen molar-refractivity contribution in [2.45, 2.75) is 47.0 Å². The van der Waals surface area contributed by atoms with Gasteiger partial charge in [-0.3, -0.25) is 4.79 Å². The molecule has 1 heterocycles.